The van der Waals surface area contributed by atoms with Gasteiger partial charge in [-0.25, -0.2) is 0 Å². The van der Waals surface area contributed by atoms with Gasteiger partial charge >= 0.3 is 0 Å². The first kappa shape index (κ1) is 17.4. The average Bonchev–Trinajstić information content (AvgIpc) is 2.37. The lowest BCUT2D eigenvalue weighted by atomic mass is 9.82. The fraction of sp³-hybridized carbons (Fsp3) is 0.600. The minimum atomic E-state index is -0.264. The van der Waals surface area contributed by atoms with E-state index < -0.39 is 0 Å². The van der Waals surface area contributed by atoms with E-state index in [9.17, 15) is 10.1 Å². The summed E-state index contributed by atoms with van der Waals surface area (Å²) in [7, 11) is 0. The third-order valence-corrected chi connectivity index (χ3v) is 4.19. The van der Waals surface area contributed by atoms with Crippen molar-refractivity contribution in [2.45, 2.75) is 46.1 Å². The zero-order chi connectivity index (χ0) is 15.3. The third kappa shape index (κ3) is 4.41. The summed E-state index contributed by atoms with van der Waals surface area (Å²) in [6.07, 6.45) is 1.06. The molecule has 0 aromatic heterocycles. The fourth-order valence-corrected chi connectivity index (χ4v) is 3.14. The van der Waals surface area contributed by atoms with Gasteiger partial charge in [-0.2, -0.15) is 0 Å². The molecule has 0 aliphatic rings. The molecule has 1 aromatic rings. The number of nitrogens with one attached hydrogen (secondary N) is 1. The van der Waals surface area contributed by atoms with E-state index in [-0.39, 0.29) is 22.6 Å². The first-order valence-corrected chi connectivity index (χ1v) is 8.13. The Hall–Kier alpha value is -0.690. The Morgan fingerprint density at radius 1 is 1.35 bits per heavy atom. The van der Waals surface area contributed by atoms with Gasteiger partial charge in [0, 0.05) is 27.2 Å². The predicted octanol–water partition coefficient (Wildman–Crippen LogP) is 4.33. The van der Waals surface area contributed by atoms with Crippen LogP contribution in [0.3, 0.4) is 0 Å². The standard InChI is InChI=1S/C15H23IN2O2/c1-5-8-17-11(4)15(10(2)3)13-7-6-12(16)9-14(13)18(19)20/h6-7,9-11,15,17H,5,8H2,1-4H3. The number of rotatable bonds is 7. The largest absolute Gasteiger partial charge is 0.314 e. The number of hydrogen-bond acceptors (Lipinski definition) is 3. The van der Waals surface area contributed by atoms with Crippen LogP contribution in [0.15, 0.2) is 18.2 Å². The number of nitro groups is 1. The van der Waals surface area contributed by atoms with Gasteiger partial charge in [0.05, 0.1) is 4.92 Å². The summed E-state index contributed by atoms with van der Waals surface area (Å²) in [4.78, 5) is 11.1. The molecule has 112 valence electrons. The van der Waals surface area contributed by atoms with Crippen molar-refractivity contribution >= 4 is 28.3 Å². The third-order valence-electron chi connectivity index (χ3n) is 3.52. The second-order valence-corrected chi connectivity index (χ2v) is 6.72. The molecule has 2 unspecified atom stereocenters. The summed E-state index contributed by atoms with van der Waals surface area (Å²) in [5, 5.41) is 14.8. The number of nitro benzene ring substituents is 1. The van der Waals surface area contributed by atoms with Gasteiger partial charge in [0.2, 0.25) is 0 Å². The van der Waals surface area contributed by atoms with Gasteiger partial charge in [-0.1, -0.05) is 26.8 Å². The van der Waals surface area contributed by atoms with Crippen molar-refractivity contribution in [3.8, 4) is 0 Å². The molecule has 0 amide bonds. The van der Waals surface area contributed by atoms with Crippen LogP contribution in [0.1, 0.15) is 45.6 Å². The minimum absolute atomic E-state index is 0.138. The van der Waals surface area contributed by atoms with Crippen molar-refractivity contribution in [2.24, 2.45) is 5.92 Å². The Morgan fingerprint density at radius 2 is 2.00 bits per heavy atom. The van der Waals surface area contributed by atoms with E-state index in [1.807, 2.05) is 12.1 Å². The monoisotopic (exact) mass is 390 g/mol. The van der Waals surface area contributed by atoms with Gasteiger partial charge in [-0.05, 0) is 54.5 Å². The number of benzene rings is 1. The Balaban J connectivity index is 3.18. The highest BCUT2D eigenvalue weighted by Crippen LogP contribution is 2.35. The van der Waals surface area contributed by atoms with E-state index in [0.29, 0.717) is 5.92 Å². The molecule has 1 rings (SSSR count). The molecule has 4 nitrogen and oxygen atoms in total. The average molecular weight is 390 g/mol. The highest BCUT2D eigenvalue weighted by Gasteiger charge is 2.29. The molecule has 0 saturated heterocycles. The van der Waals surface area contributed by atoms with E-state index in [0.717, 1.165) is 22.1 Å². The van der Waals surface area contributed by atoms with Crippen LogP contribution >= 0.6 is 22.6 Å². The van der Waals surface area contributed by atoms with Crippen molar-refractivity contribution in [3.05, 3.63) is 37.4 Å². The molecule has 1 N–H and O–H groups in total. The molecule has 1 aromatic carbocycles. The van der Waals surface area contributed by atoms with Crippen molar-refractivity contribution < 1.29 is 4.92 Å². The van der Waals surface area contributed by atoms with Crippen molar-refractivity contribution in [3.63, 3.8) is 0 Å². The molecular weight excluding hydrogens is 367 g/mol. The maximum Gasteiger partial charge on any atom is 0.273 e. The van der Waals surface area contributed by atoms with Gasteiger partial charge in [0.15, 0.2) is 0 Å². The highest BCUT2D eigenvalue weighted by molar-refractivity contribution is 14.1. The van der Waals surface area contributed by atoms with Gasteiger partial charge < -0.3 is 5.32 Å². The molecular formula is C15H23IN2O2. The molecule has 0 aliphatic heterocycles. The molecule has 20 heavy (non-hydrogen) atoms. The van der Waals surface area contributed by atoms with E-state index in [1.54, 1.807) is 6.07 Å². The lowest BCUT2D eigenvalue weighted by Gasteiger charge is -2.28. The molecule has 0 saturated carbocycles. The second kappa shape index (κ2) is 7.93. The van der Waals surface area contributed by atoms with Crippen LogP contribution in [0.2, 0.25) is 0 Å². The maximum atomic E-state index is 11.3. The van der Waals surface area contributed by atoms with Crippen molar-refractivity contribution in [2.75, 3.05) is 6.54 Å². The second-order valence-electron chi connectivity index (χ2n) is 5.47. The van der Waals surface area contributed by atoms with E-state index in [1.165, 1.54) is 0 Å². The van der Waals surface area contributed by atoms with Crippen LogP contribution in [0.4, 0.5) is 5.69 Å². The minimum Gasteiger partial charge on any atom is -0.314 e. The summed E-state index contributed by atoms with van der Waals surface area (Å²) in [5.41, 5.74) is 1.07. The molecule has 0 fully saturated rings. The molecule has 0 aliphatic carbocycles. The summed E-state index contributed by atoms with van der Waals surface area (Å²) in [6, 6.07) is 5.74. The normalized spacial score (nSPS) is 14.3. The fourth-order valence-electron chi connectivity index (χ4n) is 2.66. The van der Waals surface area contributed by atoms with E-state index in [4.69, 9.17) is 0 Å². The van der Waals surface area contributed by atoms with E-state index >= 15 is 0 Å². The molecule has 0 spiro atoms. The smallest absolute Gasteiger partial charge is 0.273 e. The van der Waals surface area contributed by atoms with Gasteiger partial charge in [-0.3, -0.25) is 10.1 Å². The summed E-state index contributed by atoms with van der Waals surface area (Å²) >= 11 is 2.12. The van der Waals surface area contributed by atoms with Crippen LogP contribution in [-0.2, 0) is 0 Å². The Morgan fingerprint density at radius 3 is 2.50 bits per heavy atom. The summed E-state index contributed by atoms with van der Waals surface area (Å²) < 4.78 is 0.898. The molecule has 0 radical (unpaired) electrons. The molecule has 0 heterocycles. The SMILES string of the molecule is CCCNC(C)C(c1ccc(I)cc1[N+](=O)[O-])C(C)C. The van der Waals surface area contributed by atoms with Gasteiger partial charge in [0.1, 0.15) is 0 Å². The van der Waals surface area contributed by atoms with Crippen LogP contribution in [0.25, 0.3) is 0 Å². The first-order valence-electron chi connectivity index (χ1n) is 7.05. The molecule has 5 heteroatoms. The Labute approximate surface area is 134 Å². The lowest BCUT2D eigenvalue weighted by Crippen LogP contribution is -2.35. The zero-order valence-electron chi connectivity index (χ0n) is 12.5. The van der Waals surface area contributed by atoms with Gasteiger partial charge in [-0.15, -0.1) is 0 Å². The first-order chi connectivity index (χ1) is 9.38. The Kier molecular flexibility index (Phi) is 6.88. The molecule has 0 bridgehead atoms. The van der Waals surface area contributed by atoms with E-state index in [2.05, 4.69) is 55.6 Å². The highest BCUT2D eigenvalue weighted by atomic mass is 127. The maximum absolute atomic E-state index is 11.3. The van der Waals surface area contributed by atoms with Crippen LogP contribution < -0.4 is 5.32 Å². The zero-order valence-corrected chi connectivity index (χ0v) is 14.7. The van der Waals surface area contributed by atoms with Crippen LogP contribution in [0.5, 0.6) is 0 Å². The number of halogens is 1. The Bertz CT molecular complexity index is 463. The summed E-state index contributed by atoms with van der Waals surface area (Å²) in [6.45, 7) is 9.41. The van der Waals surface area contributed by atoms with Crippen LogP contribution in [0, 0.1) is 19.6 Å². The topological polar surface area (TPSA) is 55.2 Å². The predicted molar refractivity (Wildman–Crippen MR) is 91.1 cm³/mol. The quantitative estimate of drug-likeness (QED) is 0.429. The molecule has 2 atom stereocenters. The van der Waals surface area contributed by atoms with Crippen LogP contribution in [-0.4, -0.2) is 17.5 Å². The summed E-state index contributed by atoms with van der Waals surface area (Å²) in [5.74, 6) is 0.479. The van der Waals surface area contributed by atoms with Crippen molar-refractivity contribution in [1.82, 2.24) is 5.32 Å². The van der Waals surface area contributed by atoms with Gasteiger partial charge in [0.25, 0.3) is 5.69 Å². The van der Waals surface area contributed by atoms with Crippen molar-refractivity contribution in [1.29, 1.82) is 0 Å². The number of hydrogen-bond donors (Lipinski definition) is 1. The number of nitrogens with zero attached hydrogens (tertiary/aromatic N) is 1. The lowest BCUT2D eigenvalue weighted by molar-refractivity contribution is -0.385.